The summed E-state index contributed by atoms with van der Waals surface area (Å²) in [5, 5.41) is 7.00. The molecule has 0 aromatic rings. The predicted octanol–water partition coefficient (Wildman–Crippen LogP) is 1.88. The number of allylic oxidation sites excluding steroid dienone is 1. The summed E-state index contributed by atoms with van der Waals surface area (Å²) in [6, 6.07) is 0.961. The Hall–Kier alpha value is -1.49. The molecular weight excluding hydrogens is 230 g/mol. The molecule has 1 N–H and O–H groups in total. The normalized spacial score (nSPS) is 18.6. The Balaban J connectivity index is 0.00000103. The van der Waals surface area contributed by atoms with Gasteiger partial charge in [-0.2, -0.15) is 0 Å². The Labute approximate surface area is 110 Å². The fraction of sp³-hybridized carbons (Fsp3) is 0.538. The van der Waals surface area contributed by atoms with Gasteiger partial charge in [-0.05, 0) is 6.92 Å². The molecule has 0 bridgehead atoms. The highest BCUT2D eigenvalue weighted by Gasteiger charge is 2.36. The van der Waals surface area contributed by atoms with Gasteiger partial charge in [0.15, 0.2) is 12.2 Å². The maximum absolute atomic E-state index is 11.7. The first kappa shape index (κ1) is 14.6. The number of azo groups is 2. The molecule has 0 saturated carbocycles. The lowest BCUT2D eigenvalue weighted by molar-refractivity contribution is -0.584. The summed E-state index contributed by atoms with van der Waals surface area (Å²) < 4.78 is 7.11. The maximum atomic E-state index is 11.7. The maximum Gasteiger partial charge on any atom is 0.303 e. The summed E-state index contributed by atoms with van der Waals surface area (Å²) >= 11 is 0. The molecule has 5 nitrogen and oxygen atoms in total. The Morgan fingerprint density at radius 1 is 1.67 bits per heavy atom. The van der Waals surface area contributed by atoms with Gasteiger partial charge in [0.2, 0.25) is 0 Å². The van der Waals surface area contributed by atoms with Crippen LogP contribution in [0.2, 0.25) is 0 Å². The third kappa shape index (κ3) is 3.77. The van der Waals surface area contributed by atoms with E-state index in [4.69, 9.17) is 4.74 Å². The zero-order valence-electron chi connectivity index (χ0n) is 11.3. The van der Waals surface area contributed by atoms with Crippen molar-refractivity contribution < 1.29 is 15.7 Å². The van der Waals surface area contributed by atoms with Gasteiger partial charge < -0.3 is 10.1 Å². The van der Waals surface area contributed by atoms with Crippen LogP contribution in [0.25, 0.3) is 0 Å². The summed E-state index contributed by atoms with van der Waals surface area (Å²) in [5.74, 6) is -0.139. The smallest absolute Gasteiger partial charge is 0.303 e. The van der Waals surface area contributed by atoms with E-state index in [1.54, 1.807) is 6.08 Å². The van der Waals surface area contributed by atoms with E-state index in [1.807, 2.05) is 37.6 Å². The van der Waals surface area contributed by atoms with Crippen molar-refractivity contribution >= 4 is 5.91 Å². The summed E-state index contributed by atoms with van der Waals surface area (Å²) in [6.07, 6.45) is 5.56. The second-order valence-electron chi connectivity index (χ2n) is 3.58. The lowest BCUT2D eigenvalue weighted by atomic mass is 10.2. The molecule has 1 saturated heterocycles. The highest BCUT2D eigenvalue weighted by Crippen LogP contribution is 2.21. The topological polar surface area (TPSA) is 53.7 Å². The van der Waals surface area contributed by atoms with Crippen molar-refractivity contribution in [3.63, 3.8) is 0 Å². The van der Waals surface area contributed by atoms with Crippen LogP contribution in [0.15, 0.2) is 29.0 Å². The zero-order chi connectivity index (χ0) is 13.4. The molecule has 2 aliphatic rings. The average Bonchev–Trinajstić information content (AvgIpc) is 2.85. The molecule has 0 aliphatic carbocycles. The first-order chi connectivity index (χ1) is 8.81. The third-order valence-electron chi connectivity index (χ3n) is 2.41. The Bertz CT molecular complexity index is 378. The fourth-order valence-electron chi connectivity index (χ4n) is 1.56. The Morgan fingerprint density at radius 2 is 2.44 bits per heavy atom. The van der Waals surface area contributed by atoms with E-state index in [1.165, 1.54) is 0 Å². The van der Waals surface area contributed by atoms with Gasteiger partial charge in [0.1, 0.15) is 13.2 Å². The number of carbonyl (C=O) groups is 1. The number of nitrogens with one attached hydrogen (secondary N) is 1. The molecule has 1 amide bonds. The van der Waals surface area contributed by atoms with Crippen LogP contribution in [0.1, 0.15) is 22.2 Å². The Kier molecular flexibility index (Phi) is 6.28. The molecule has 2 rings (SSSR count). The van der Waals surface area contributed by atoms with Crippen LogP contribution in [0.5, 0.6) is 0 Å². The number of amides is 1. The molecule has 2 heterocycles. The molecule has 2 aliphatic heterocycles. The van der Waals surface area contributed by atoms with Crippen molar-refractivity contribution in [1.29, 1.82) is 0 Å². The number of morpholine rings is 1. The molecule has 101 valence electrons. The predicted molar refractivity (Wildman–Crippen MR) is 71.0 cm³/mol. The monoisotopic (exact) mass is 253 g/mol. The number of nitrogens with zero attached hydrogens (tertiary/aromatic N) is 2. The number of ether oxygens (including phenoxy) is 1. The van der Waals surface area contributed by atoms with Crippen LogP contribution < -0.4 is 5.32 Å². The molecule has 18 heavy (non-hydrogen) atoms. The largest absolute Gasteiger partial charge is 0.367 e. The van der Waals surface area contributed by atoms with E-state index in [0.717, 1.165) is 12.6 Å². The first-order valence-corrected chi connectivity index (χ1v) is 6.35. The van der Waals surface area contributed by atoms with Crippen LogP contribution >= 0.6 is 0 Å². The number of carbonyl (C=O) groups excluding carboxylic acids is 1. The third-order valence-corrected chi connectivity index (χ3v) is 2.41. The number of rotatable bonds is 3. The summed E-state index contributed by atoms with van der Waals surface area (Å²) in [6.45, 7) is 8.37. The molecule has 0 unspecified atom stereocenters. The van der Waals surface area contributed by atoms with Crippen molar-refractivity contribution in [2.24, 2.45) is 5.11 Å². The van der Waals surface area contributed by atoms with Crippen molar-refractivity contribution in [2.75, 3.05) is 26.3 Å². The molecule has 1 radical (unpaired) electrons. The van der Waals surface area contributed by atoms with E-state index >= 15 is 0 Å². The lowest BCUT2D eigenvalue weighted by Crippen LogP contribution is -2.28. The molecule has 5 heteroatoms. The Morgan fingerprint density at radius 3 is 3.11 bits per heavy atom. The standard InChI is InChI=1S/C11H15N3O2.C2H6.H2/c1-2-3-4-12-11(15)10-7-9-8-16-6-5-14(9)13-10;1-2;/h2-3,7H,4-6,8H2,1H3,(H,12,15);1-2H3;1H/q+1;;/b3-2+;;. The van der Waals surface area contributed by atoms with Crippen LogP contribution in [0, 0.1) is 6.04 Å². The van der Waals surface area contributed by atoms with Crippen LogP contribution in [0.4, 0.5) is 0 Å². The van der Waals surface area contributed by atoms with Gasteiger partial charge in [-0.25, -0.2) is 0 Å². The van der Waals surface area contributed by atoms with Crippen molar-refractivity contribution in [3.8, 4) is 0 Å². The summed E-state index contributed by atoms with van der Waals surface area (Å²) in [5.41, 5.74) is 0.463. The van der Waals surface area contributed by atoms with Crippen LogP contribution in [-0.4, -0.2) is 36.9 Å². The van der Waals surface area contributed by atoms with Crippen molar-refractivity contribution in [1.82, 2.24) is 5.32 Å². The molecular formula is C13H23N3O2+. The highest BCUT2D eigenvalue weighted by atomic mass is 16.5. The van der Waals surface area contributed by atoms with Crippen molar-refractivity contribution in [2.45, 2.75) is 20.8 Å². The minimum Gasteiger partial charge on any atom is -0.367 e. The number of fused-ring (bicyclic) bond motifs is 1. The van der Waals surface area contributed by atoms with Gasteiger partial charge in [-0.15, -0.1) is 0 Å². The van der Waals surface area contributed by atoms with E-state index in [2.05, 4.69) is 10.4 Å². The van der Waals surface area contributed by atoms with Gasteiger partial charge in [0.05, 0.1) is 0 Å². The quantitative estimate of drug-likeness (QED) is 0.616. The summed E-state index contributed by atoms with van der Waals surface area (Å²) in [7, 11) is 0. The minimum atomic E-state index is -0.139. The lowest BCUT2D eigenvalue weighted by Gasteiger charge is -2.09. The van der Waals surface area contributed by atoms with Crippen LogP contribution in [-0.2, 0) is 9.53 Å². The van der Waals surface area contributed by atoms with Gasteiger partial charge in [0.25, 0.3) is 5.91 Å². The minimum absolute atomic E-state index is 0. The van der Waals surface area contributed by atoms with Gasteiger partial charge in [-0.3, -0.25) is 4.79 Å². The van der Waals surface area contributed by atoms with Crippen LogP contribution in [0.3, 0.4) is 0 Å². The molecule has 0 spiro atoms. The van der Waals surface area contributed by atoms with E-state index in [0.29, 0.717) is 25.5 Å². The molecule has 0 aromatic carbocycles. The molecule has 1 fully saturated rings. The second-order valence-corrected chi connectivity index (χ2v) is 3.58. The van der Waals surface area contributed by atoms with Crippen molar-refractivity contribution in [3.05, 3.63) is 30.0 Å². The first-order valence-electron chi connectivity index (χ1n) is 6.35. The number of hydrogen-bond donors (Lipinski definition) is 1. The van der Waals surface area contributed by atoms with E-state index < -0.39 is 0 Å². The number of hydrogen-bond acceptors (Lipinski definition) is 3. The zero-order valence-corrected chi connectivity index (χ0v) is 11.3. The SMILES string of the molecule is C/C=C/CNC(=O)C1=C[C]2COCC[N+]2=N1.CC.[HH]. The molecule has 0 aromatic heterocycles. The fourth-order valence-corrected chi connectivity index (χ4v) is 1.56. The van der Waals surface area contributed by atoms with Gasteiger partial charge in [0, 0.05) is 19.2 Å². The highest BCUT2D eigenvalue weighted by molar-refractivity contribution is 5.93. The van der Waals surface area contributed by atoms with Gasteiger partial charge >= 0.3 is 6.04 Å². The summed E-state index contributed by atoms with van der Waals surface area (Å²) in [4.78, 5) is 11.7. The van der Waals surface area contributed by atoms with E-state index in [-0.39, 0.29) is 7.33 Å². The average molecular weight is 253 g/mol. The van der Waals surface area contributed by atoms with E-state index in [9.17, 15) is 4.79 Å². The van der Waals surface area contributed by atoms with Gasteiger partial charge in [-0.1, -0.05) is 30.7 Å². The molecule has 0 atom stereocenters. The second kappa shape index (κ2) is 7.76.